The first-order valence-electron chi connectivity index (χ1n) is 7.19. The first-order chi connectivity index (χ1) is 10.4. The first kappa shape index (κ1) is 17.1. The fourth-order valence-corrected chi connectivity index (χ4v) is 3.98. The molecule has 0 unspecified atom stereocenters. The number of esters is 1. The molecule has 122 valence electrons. The molecular weight excluding hydrogens is 322 g/mol. The van der Waals surface area contributed by atoms with Gasteiger partial charge in [0, 0.05) is 29.0 Å². The molecule has 1 N–H and O–H groups in total. The van der Waals surface area contributed by atoms with E-state index in [4.69, 9.17) is 4.74 Å². The third-order valence-electron chi connectivity index (χ3n) is 3.11. The Morgan fingerprint density at radius 3 is 2.95 bits per heavy atom. The lowest BCUT2D eigenvalue weighted by Gasteiger charge is -2.37. The van der Waals surface area contributed by atoms with Crippen LogP contribution in [0.25, 0.3) is 0 Å². The molecule has 1 saturated heterocycles. The summed E-state index contributed by atoms with van der Waals surface area (Å²) < 4.78 is 4.96. The van der Waals surface area contributed by atoms with Crippen LogP contribution in [0.15, 0.2) is 5.38 Å². The number of thioether (sulfide) groups is 1. The second-order valence-corrected chi connectivity index (χ2v) is 8.25. The van der Waals surface area contributed by atoms with Crippen LogP contribution >= 0.6 is 23.1 Å². The van der Waals surface area contributed by atoms with Crippen LogP contribution in [0.5, 0.6) is 0 Å². The van der Waals surface area contributed by atoms with E-state index in [0.717, 1.165) is 12.3 Å². The lowest BCUT2D eigenvalue weighted by molar-refractivity contribution is -0.142. The predicted octanol–water partition coefficient (Wildman–Crippen LogP) is 2.61. The van der Waals surface area contributed by atoms with Gasteiger partial charge in [-0.2, -0.15) is 11.8 Å². The molecule has 0 radical (unpaired) electrons. The highest BCUT2D eigenvalue weighted by Crippen LogP contribution is 2.29. The summed E-state index contributed by atoms with van der Waals surface area (Å²) in [7, 11) is 0. The fourth-order valence-electron chi connectivity index (χ4n) is 2.17. The average molecular weight is 343 g/mol. The summed E-state index contributed by atoms with van der Waals surface area (Å²) in [6.45, 7) is 7.85. The lowest BCUT2D eigenvalue weighted by Crippen LogP contribution is -2.47. The van der Waals surface area contributed by atoms with Gasteiger partial charge in [0.2, 0.25) is 0 Å². The maximum Gasteiger partial charge on any atom is 0.323 e. The fraction of sp³-hybridized carbons (Fsp3) is 0.643. The quantitative estimate of drug-likeness (QED) is 0.851. The van der Waals surface area contributed by atoms with E-state index in [1.165, 1.54) is 11.3 Å². The summed E-state index contributed by atoms with van der Waals surface area (Å²) in [4.78, 5) is 29.7. The van der Waals surface area contributed by atoms with Gasteiger partial charge in [-0.25, -0.2) is 9.78 Å². The van der Waals surface area contributed by atoms with Crippen LogP contribution in [0.2, 0.25) is 0 Å². The molecular formula is C14H21N3O3S2. The van der Waals surface area contributed by atoms with Gasteiger partial charge in [-0.3, -0.25) is 10.1 Å². The zero-order chi connectivity index (χ0) is 16.2. The van der Waals surface area contributed by atoms with E-state index in [1.807, 2.05) is 16.7 Å². The minimum absolute atomic E-state index is 0.0769. The Morgan fingerprint density at radius 1 is 1.50 bits per heavy atom. The molecule has 0 spiro atoms. The molecule has 8 heteroatoms. The number of carbonyl (C=O) groups excluding carboxylic acids is 2. The number of amides is 2. The van der Waals surface area contributed by atoms with Crippen LogP contribution in [0.1, 0.15) is 26.5 Å². The van der Waals surface area contributed by atoms with Gasteiger partial charge in [0.15, 0.2) is 5.13 Å². The maximum absolute atomic E-state index is 12.3. The van der Waals surface area contributed by atoms with E-state index in [-0.39, 0.29) is 23.2 Å². The number of aromatic nitrogens is 1. The molecule has 0 aromatic carbocycles. The van der Waals surface area contributed by atoms with Crippen molar-refractivity contribution in [1.29, 1.82) is 0 Å². The number of nitrogens with one attached hydrogen (secondary N) is 1. The molecule has 1 fully saturated rings. The van der Waals surface area contributed by atoms with E-state index in [2.05, 4.69) is 24.1 Å². The number of urea groups is 1. The molecule has 1 aromatic heterocycles. The SMILES string of the molecule is CCOC(=O)Cc1csc(NC(=O)N2CCSC(C)(C)C2)n1. The summed E-state index contributed by atoms with van der Waals surface area (Å²) in [5.74, 6) is 0.632. The van der Waals surface area contributed by atoms with Gasteiger partial charge in [-0.05, 0) is 20.8 Å². The van der Waals surface area contributed by atoms with Crippen molar-refractivity contribution in [3.8, 4) is 0 Å². The minimum Gasteiger partial charge on any atom is -0.466 e. The van der Waals surface area contributed by atoms with Crippen LogP contribution in [0, 0.1) is 0 Å². The normalized spacial score (nSPS) is 17.1. The van der Waals surface area contributed by atoms with Crippen molar-refractivity contribution in [1.82, 2.24) is 9.88 Å². The maximum atomic E-state index is 12.3. The Morgan fingerprint density at radius 2 is 2.27 bits per heavy atom. The average Bonchev–Trinajstić information content (AvgIpc) is 2.85. The van der Waals surface area contributed by atoms with E-state index in [0.29, 0.717) is 24.0 Å². The largest absolute Gasteiger partial charge is 0.466 e. The summed E-state index contributed by atoms with van der Waals surface area (Å²) >= 11 is 3.20. The second-order valence-electron chi connectivity index (χ2n) is 5.59. The van der Waals surface area contributed by atoms with Gasteiger partial charge >= 0.3 is 12.0 Å². The summed E-state index contributed by atoms with van der Waals surface area (Å²) in [5.41, 5.74) is 0.619. The van der Waals surface area contributed by atoms with Gasteiger partial charge < -0.3 is 9.64 Å². The van der Waals surface area contributed by atoms with Crippen molar-refractivity contribution in [3.63, 3.8) is 0 Å². The summed E-state index contributed by atoms with van der Waals surface area (Å²) in [6, 6.07) is -0.134. The molecule has 0 atom stereocenters. The van der Waals surface area contributed by atoms with Gasteiger partial charge in [0.1, 0.15) is 0 Å². The molecule has 6 nitrogen and oxygen atoms in total. The highest BCUT2D eigenvalue weighted by atomic mass is 32.2. The molecule has 2 heterocycles. The molecule has 2 amide bonds. The molecule has 0 saturated carbocycles. The third-order valence-corrected chi connectivity index (χ3v) is 5.21. The van der Waals surface area contributed by atoms with Crippen molar-refractivity contribution >= 4 is 40.2 Å². The van der Waals surface area contributed by atoms with E-state index in [9.17, 15) is 9.59 Å². The number of anilines is 1. The first-order valence-corrected chi connectivity index (χ1v) is 9.06. The van der Waals surface area contributed by atoms with Crippen molar-refractivity contribution in [2.75, 3.05) is 30.8 Å². The molecule has 1 aromatic rings. The molecule has 0 aliphatic carbocycles. The van der Waals surface area contributed by atoms with E-state index >= 15 is 0 Å². The van der Waals surface area contributed by atoms with Gasteiger partial charge in [0.05, 0.1) is 18.7 Å². The molecule has 1 aliphatic heterocycles. The highest BCUT2D eigenvalue weighted by molar-refractivity contribution is 8.00. The molecule has 1 aliphatic rings. The van der Waals surface area contributed by atoms with Crippen molar-refractivity contribution in [3.05, 3.63) is 11.1 Å². The van der Waals surface area contributed by atoms with Crippen LogP contribution in [0.4, 0.5) is 9.93 Å². The Kier molecular flexibility index (Phi) is 5.69. The number of hydrogen-bond donors (Lipinski definition) is 1. The van der Waals surface area contributed by atoms with Crippen LogP contribution in [-0.4, -0.2) is 52.1 Å². The number of ether oxygens (including phenoxy) is 1. The van der Waals surface area contributed by atoms with Crippen LogP contribution in [0.3, 0.4) is 0 Å². The lowest BCUT2D eigenvalue weighted by atomic mass is 10.2. The number of hydrogen-bond acceptors (Lipinski definition) is 6. The molecule has 22 heavy (non-hydrogen) atoms. The van der Waals surface area contributed by atoms with Crippen molar-refractivity contribution in [2.24, 2.45) is 0 Å². The van der Waals surface area contributed by atoms with Crippen LogP contribution < -0.4 is 5.32 Å². The smallest absolute Gasteiger partial charge is 0.323 e. The monoisotopic (exact) mass is 343 g/mol. The van der Waals surface area contributed by atoms with Crippen molar-refractivity contribution < 1.29 is 14.3 Å². The van der Waals surface area contributed by atoms with E-state index < -0.39 is 0 Å². The number of carbonyl (C=O) groups is 2. The topological polar surface area (TPSA) is 71.5 Å². The Hall–Kier alpha value is -1.28. The van der Waals surface area contributed by atoms with E-state index in [1.54, 1.807) is 12.3 Å². The van der Waals surface area contributed by atoms with Gasteiger partial charge in [-0.15, -0.1) is 11.3 Å². The standard InChI is InChI=1S/C14H21N3O3S2/c1-4-20-11(18)7-10-8-21-12(15-10)16-13(19)17-5-6-22-14(2,3)9-17/h8H,4-7,9H2,1-3H3,(H,15,16,19). The minimum atomic E-state index is -0.305. The Labute approximate surface area is 138 Å². The highest BCUT2D eigenvalue weighted by Gasteiger charge is 2.30. The van der Waals surface area contributed by atoms with Gasteiger partial charge in [0.25, 0.3) is 0 Å². The third kappa shape index (κ3) is 4.88. The zero-order valence-corrected chi connectivity index (χ0v) is 14.7. The summed E-state index contributed by atoms with van der Waals surface area (Å²) in [6.07, 6.45) is 0.133. The molecule has 0 bridgehead atoms. The predicted molar refractivity (Wildman–Crippen MR) is 89.6 cm³/mol. The summed E-state index contributed by atoms with van der Waals surface area (Å²) in [5, 5.41) is 5.09. The molecule has 2 rings (SSSR count). The van der Waals surface area contributed by atoms with Crippen LogP contribution in [-0.2, 0) is 16.0 Å². The second kappa shape index (κ2) is 7.32. The number of rotatable bonds is 4. The zero-order valence-electron chi connectivity index (χ0n) is 13.0. The number of nitrogens with zero attached hydrogens (tertiary/aromatic N) is 2. The Balaban J connectivity index is 1.89. The number of thiazole rings is 1. The van der Waals surface area contributed by atoms with Crippen molar-refractivity contribution in [2.45, 2.75) is 31.9 Å². The Bertz CT molecular complexity index is 545. The van der Waals surface area contributed by atoms with Gasteiger partial charge in [-0.1, -0.05) is 0 Å².